The van der Waals surface area contributed by atoms with Crippen LogP contribution in [-0.2, 0) is 0 Å². The Morgan fingerprint density at radius 3 is 2.60 bits per heavy atom. The van der Waals surface area contributed by atoms with Crippen LogP contribution in [0.4, 0.5) is 5.69 Å². The van der Waals surface area contributed by atoms with Crippen LogP contribution in [0.5, 0.6) is 0 Å². The molecule has 122 valence electrons. The summed E-state index contributed by atoms with van der Waals surface area (Å²) in [6.07, 6.45) is 1.79. The third-order valence-corrected chi connectivity index (χ3v) is 4.06. The van der Waals surface area contributed by atoms with Crippen molar-refractivity contribution in [2.45, 2.75) is 0 Å². The third-order valence-electron chi connectivity index (χ3n) is 3.73. The molecule has 4 aromatic rings. The Labute approximate surface area is 148 Å². The zero-order chi connectivity index (χ0) is 17.2. The van der Waals surface area contributed by atoms with Gasteiger partial charge in [-0.1, -0.05) is 23.7 Å². The number of aromatic nitrogens is 2. The number of benzene rings is 2. The van der Waals surface area contributed by atoms with Gasteiger partial charge >= 0.3 is 11.5 Å². The second-order valence-electron chi connectivity index (χ2n) is 5.41. The zero-order valence-corrected chi connectivity index (χ0v) is 13.7. The highest BCUT2D eigenvalue weighted by molar-refractivity contribution is 6.34. The molecule has 0 fully saturated rings. The van der Waals surface area contributed by atoms with E-state index in [1.165, 1.54) is 0 Å². The number of hydrogen-bond donors (Lipinski definition) is 1. The van der Waals surface area contributed by atoms with E-state index in [0.29, 0.717) is 33.4 Å². The number of halogens is 1. The molecule has 0 spiro atoms. The van der Waals surface area contributed by atoms with Gasteiger partial charge < -0.3 is 9.73 Å². The van der Waals surface area contributed by atoms with Crippen molar-refractivity contribution in [3.63, 3.8) is 0 Å². The van der Waals surface area contributed by atoms with Crippen molar-refractivity contribution in [2.24, 2.45) is 0 Å². The first-order chi connectivity index (χ1) is 12.2. The van der Waals surface area contributed by atoms with Gasteiger partial charge in [0.1, 0.15) is 0 Å². The fraction of sp³-hybridized carbons (Fsp3) is 0. The standard InChI is InChI=1S/C19H12ClN3O2/c20-15-5-2-1-4-14(15)18(24)22-13-9-7-12(8-10-13)19-23-17-16(25-19)6-3-11-21-17/h1-11H,(H,22,24)/p+1. The quantitative estimate of drug-likeness (QED) is 0.601. The molecule has 0 radical (unpaired) electrons. The Kier molecular flexibility index (Phi) is 3.91. The molecule has 4 rings (SSSR count). The lowest BCUT2D eigenvalue weighted by Crippen LogP contribution is -2.12. The first-order valence-electron chi connectivity index (χ1n) is 7.64. The van der Waals surface area contributed by atoms with E-state index in [2.05, 4.69) is 15.3 Å². The van der Waals surface area contributed by atoms with Crippen LogP contribution >= 0.6 is 11.6 Å². The summed E-state index contributed by atoms with van der Waals surface area (Å²) < 4.78 is 5.71. The van der Waals surface area contributed by atoms with Gasteiger partial charge in [-0.15, -0.1) is 0 Å². The number of fused-ring (bicyclic) bond motifs is 1. The molecule has 0 aliphatic rings. The van der Waals surface area contributed by atoms with Gasteiger partial charge in [0.25, 0.3) is 5.91 Å². The molecule has 0 aliphatic heterocycles. The van der Waals surface area contributed by atoms with E-state index in [1.807, 2.05) is 24.3 Å². The average Bonchev–Trinajstić information content (AvgIpc) is 3.07. The lowest BCUT2D eigenvalue weighted by Gasteiger charge is -2.06. The lowest BCUT2D eigenvalue weighted by molar-refractivity contribution is -0.347. The van der Waals surface area contributed by atoms with Crippen LogP contribution < -0.4 is 10.3 Å². The second-order valence-corrected chi connectivity index (χ2v) is 5.82. The van der Waals surface area contributed by atoms with Crippen LogP contribution in [0.1, 0.15) is 10.4 Å². The molecular formula is C19H13ClN3O2+. The van der Waals surface area contributed by atoms with E-state index in [4.69, 9.17) is 16.0 Å². The van der Waals surface area contributed by atoms with Crippen LogP contribution in [-0.4, -0.2) is 10.9 Å². The summed E-state index contributed by atoms with van der Waals surface area (Å²) in [5.41, 5.74) is 3.29. The first-order valence-corrected chi connectivity index (χ1v) is 8.02. The molecule has 6 heteroatoms. The molecule has 0 atom stereocenters. The molecule has 25 heavy (non-hydrogen) atoms. The molecular weight excluding hydrogens is 338 g/mol. The molecule has 1 amide bonds. The molecule has 0 aliphatic carbocycles. The highest BCUT2D eigenvalue weighted by Gasteiger charge is 2.16. The number of nitrogens with zero attached hydrogens (tertiary/aromatic N) is 1. The maximum Gasteiger partial charge on any atom is 0.368 e. The van der Waals surface area contributed by atoms with E-state index >= 15 is 0 Å². The number of anilines is 1. The monoisotopic (exact) mass is 350 g/mol. The SMILES string of the molecule is O=C(Nc1ccc(-c2nc3[nH+]cccc3o2)cc1)c1ccccc1Cl. The Hall–Kier alpha value is -3.18. The van der Waals surface area contributed by atoms with Crippen LogP contribution in [0.15, 0.2) is 71.3 Å². The topological polar surface area (TPSA) is 69.3 Å². The van der Waals surface area contributed by atoms with Gasteiger partial charge in [-0.05, 0) is 48.5 Å². The summed E-state index contributed by atoms with van der Waals surface area (Å²) in [4.78, 5) is 19.7. The summed E-state index contributed by atoms with van der Waals surface area (Å²) in [5, 5.41) is 3.24. The minimum Gasteiger partial charge on any atom is -0.411 e. The van der Waals surface area contributed by atoms with Crippen LogP contribution in [0.2, 0.25) is 5.02 Å². The number of oxazole rings is 1. The Balaban J connectivity index is 1.56. The minimum atomic E-state index is -0.255. The fourth-order valence-electron chi connectivity index (χ4n) is 2.47. The van der Waals surface area contributed by atoms with Crippen molar-refractivity contribution in [1.82, 2.24) is 4.98 Å². The van der Waals surface area contributed by atoms with Crippen molar-refractivity contribution in [2.75, 3.05) is 5.32 Å². The number of carbonyl (C=O) groups is 1. The Bertz CT molecular complexity index is 1020. The number of nitrogens with one attached hydrogen (secondary N) is 2. The fourth-order valence-corrected chi connectivity index (χ4v) is 2.70. The van der Waals surface area contributed by atoms with Crippen molar-refractivity contribution < 1.29 is 14.2 Å². The maximum absolute atomic E-state index is 12.3. The number of rotatable bonds is 3. The van der Waals surface area contributed by atoms with Gasteiger partial charge in [0, 0.05) is 10.7 Å². The van der Waals surface area contributed by atoms with Gasteiger partial charge in [0.15, 0.2) is 0 Å². The number of H-pyrrole nitrogens is 1. The van der Waals surface area contributed by atoms with Crippen LogP contribution in [0, 0.1) is 0 Å². The molecule has 0 unspecified atom stereocenters. The Morgan fingerprint density at radius 1 is 1.04 bits per heavy atom. The van der Waals surface area contributed by atoms with E-state index in [1.54, 1.807) is 42.6 Å². The predicted octanol–water partition coefficient (Wildman–Crippen LogP) is 4.21. The average molecular weight is 351 g/mol. The molecule has 0 saturated heterocycles. The van der Waals surface area contributed by atoms with Crippen LogP contribution in [0.25, 0.3) is 22.7 Å². The molecule has 0 bridgehead atoms. The van der Waals surface area contributed by atoms with Gasteiger partial charge in [-0.3, -0.25) is 4.79 Å². The second kappa shape index (κ2) is 6.37. The summed E-state index contributed by atoms with van der Waals surface area (Å²) in [6.45, 7) is 0. The zero-order valence-electron chi connectivity index (χ0n) is 13.0. The number of carbonyl (C=O) groups excluding carboxylic acids is 1. The van der Waals surface area contributed by atoms with E-state index in [9.17, 15) is 4.79 Å². The number of pyridine rings is 1. The Morgan fingerprint density at radius 2 is 1.84 bits per heavy atom. The van der Waals surface area contributed by atoms with Crippen molar-refractivity contribution in [1.29, 1.82) is 0 Å². The number of hydrogen-bond acceptors (Lipinski definition) is 3. The summed E-state index contributed by atoms with van der Waals surface area (Å²) >= 11 is 6.04. The highest BCUT2D eigenvalue weighted by atomic mass is 35.5. The number of amides is 1. The van der Waals surface area contributed by atoms with E-state index in [0.717, 1.165) is 5.56 Å². The van der Waals surface area contributed by atoms with Gasteiger partial charge in [-0.25, -0.2) is 4.98 Å². The molecule has 0 saturated carbocycles. The lowest BCUT2D eigenvalue weighted by atomic mass is 10.2. The van der Waals surface area contributed by atoms with E-state index in [-0.39, 0.29) is 5.91 Å². The van der Waals surface area contributed by atoms with Crippen molar-refractivity contribution in [3.05, 3.63) is 77.4 Å². The summed E-state index contributed by atoms with van der Waals surface area (Å²) in [7, 11) is 0. The smallest absolute Gasteiger partial charge is 0.368 e. The predicted molar refractivity (Wildman–Crippen MR) is 95.4 cm³/mol. The largest absolute Gasteiger partial charge is 0.411 e. The van der Waals surface area contributed by atoms with Gasteiger partial charge in [-0.2, -0.15) is 0 Å². The minimum absolute atomic E-state index is 0.255. The molecule has 2 aromatic carbocycles. The first kappa shape index (κ1) is 15.4. The number of aromatic amines is 1. The molecule has 5 nitrogen and oxygen atoms in total. The van der Waals surface area contributed by atoms with Gasteiger partial charge in [0.05, 0.1) is 22.3 Å². The normalized spacial score (nSPS) is 10.8. The van der Waals surface area contributed by atoms with Crippen LogP contribution in [0.3, 0.4) is 0 Å². The third kappa shape index (κ3) is 3.09. The van der Waals surface area contributed by atoms with Gasteiger partial charge in [0.2, 0.25) is 5.58 Å². The molecule has 2 aromatic heterocycles. The molecule has 2 heterocycles. The van der Waals surface area contributed by atoms with Crippen molar-refractivity contribution >= 4 is 34.4 Å². The van der Waals surface area contributed by atoms with Crippen molar-refractivity contribution in [3.8, 4) is 11.5 Å². The molecule has 2 N–H and O–H groups in total. The summed E-state index contributed by atoms with van der Waals surface area (Å²) in [5.74, 6) is 0.260. The van der Waals surface area contributed by atoms with E-state index < -0.39 is 0 Å². The highest BCUT2D eigenvalue weighted by Crippen LogP contribution is 2.24. The maximum atomic E-state index is 12.3. The summed E-state index contributed by atoms with van der Waals surface area (Å²) in [6, 6.07) is 17.9.